The molecule has 0 radical (unpaired) electrons. The van der Waals surface area contributed by atoms with Gasteiger partial charge < -0.3 is 10.4 Å². The third kappa shape index (κ3) is 2.10. The van der Waals surface area contributed by atoms with Crippen molar-refractivity contribution >= 4 is 15.9 Å². The number of phenols is 1. The number of hydrogen-bond acceptors (Lipinski definition) is 2. The number of benzene rings is 1. The van der Waals surface area contributed by atoms with Gasteiger partial charge in [-0.25, -0.2) is 0 Å². The Morgan fingerprint density at radius 1 is 1.36 bits per heavy atom. The molecule has 1 atom stereocenters. The molecule has 0 bridgehead atoms. The van der Waals surface area contributed by atoms with Crippen LogP contribution in [0.5, 0.6) is 5.75 Å². The number of halogens is 1. The van der Waals surface area contributed by atoms with Crippen molar-refractivity contribution < 1.29 is 5.11 Å². The maximum absolute atomic E-state index is 9.77. The van der Waals surface area contributed by atoms with Gasteiger partial charge in [-0.05, 0) is 31.5 Å². The van der Waals surface area contributed by atoms with Crippen molar-refractivity contribution in [3.8, 4) is 5.75 Å². The van der Waals surface area contributed by atoms with Crippen LogP contribution in [-0.4, -0.2) is 11.7 Å². The molecular weight excluding hydrogens is 242 g/mol. The summed E-state index contributed by atoms with van der Waals surface area (Å²) >= 11 is 3.34. The first-order valence-corrected chi connectivity index (χ1v) is 5.78. The summed E-state index contributed by atoms with van der Waals surface area (Å²) < 4.78 is 0.926. The van der Waals surface area contributed by atoms with Gasteiger partial charge in [-0.2, -0.15) is 0 Å². The van der Waals surface area contributed by atoms with Gasteiger partial charge in [-0.1, -0.05) is 28.4 Å². The average Bonchev–Trinajstić information content (AvgIpc) is 2.19. The van der Waals surface area contributed by atoms with E-state index in [9.17, 15) is 5.11 Å². The highest BCUT2D eigenvalue weighted by atomic mass is 79.9. The molecular formula is C11H14BrNO. The molecule has 76 valence electrons. The van der Waals surface area contributed by atoms with Gasteiger partial charge in [-0.3, -0.25) is 0 Å². The van der Waals surface area contributed by atoms with Crippen LogP contribution in [0.15, 0.2) is 22.7 Å². The Bertz CT molecular complexity index is 321. The van der Waals surface area contributed by atoms with E-state index in [-0.39, 0.29) is 0 Å². The summed E-state index contributed by atoms with van der Waals surface area (Å²) in [5.74, 6) is 0.388. The van der Waals surface area contributed by atoms with Gasteiger partial charge >= 0.3 is 0 Å². The largest absolute Gasteiger partial charge is 0.508 e. The standard InChI is InChI=1S/C11H14BrNO/c12-8-4-5-9(11(14)7-8)10-3-1-2-6-13-10/h4-5,7,10,13-14H,1-3,6H2/t10-/m0/s1. The van der Waals surface area contributed by atoms with E-state index in [4.69, 9.17) is 0 Å². The van der Waals surface area contributed by atoms with E-state index in [0.717, 1.165) is 23.0 Å². The van der Waals surface area contributed by atoms with Gasteiger partial charge in [0.25, 0.3) is 0 Å². The van der Waals surface area contributed by atoms with Crippen LogP contribution in [0.3, 0.4) is 0 Å². The quantitative estimate of drug-likeness (QED) is 0.809. The van der Waals surface area contributed by atoms with Crippen molar-refractivity contribution in [2.75, 3.05) is 6.54 Å². The van der Waals surface area contributed by atoms with Crippen molar-refractivity contribution in [2.45, 2.75) is 25.3 Å². The smallest absolute Gasteiger partial charge is 0.121 e. The van der Waals surface area contributed by atoms with Crippen LogP contribution in [0.1, 0.15) is 30.9 Å². The van der Waals surface area contributed by atoms with Crippen LogP contribution in [0.4, 0.5) is 0 Å². The van der Waals surface area contributed by atoms with Gasteiger partial charge in [0.1, 0.15) is 5.75 Å². The van der Waals surface area contributed by atoms with Crippen LogP contribution >= 0.6 is 15.9 Å². The second-order valence-electron chi connectivity index (χ2n) is 3.71. The van der Waals surface area contributed by atoms with Gasteiger partial charge in [-0.15, -0.1) is 0 Å². The SMILES string of the molecule is Oc1cc(Br)ccc1[C@@H]1CCCCN1. The lowest BCUT2D eigenvalue weighted by atomic mass is 9.97. The van der Waals surface area contributed by atoms with E-state index >= 15 is 0 Å². The maximum atomic E-state index is 9.77. The van der Waals surface area contributed by atoms with Crippen LogP contribution in [0.25, 0.3) is 0 Å². The minimum atomic E-state index is 0.330. The van der Waals surface area contributed by atoms with E-state index in [0.29, 0.717) is 11.8 Å². The second kappa shape index (κ2) is 4.32. The molecule has 0 aromatic heterocycles. The number of rotatable bonds is 1. The highest BCUT2D eigenvalue weighted by Gasteiger charge is 2.17. The Morgan fingerprint density at radius 2 is 2.21 bits per heavy atom. The van der Waals surface area contributed by atoms with E-state index in [1.165, 1.54) is 12.8 Å². The molecule has 3 heteroatoms. The molecule has 2 rings (SSSR count). The fourth-order valence-corrected chi connectivity index (χ4v) is 2.28. The minimum Gasteiger partial charge on any atom is -0.508 e. The van der Waals surface area contributed by atoms with Gasteiger partial charge in [0.15, 0.2) is 0 Å². The second-order valence-corrected chi connectivity index (χ2v) is 4.62. The van der Waals surface area contributed by atoms with Crippen LogP contribution in [0, 0.1) is 0 Å². The molecule has 1 aliphatic rings. The number of aromatic hydroxyl groups is 1. The molecule has 2 N–H and O–H groups in total. The Labute approximate surface area is 92.5 Å². The Kier molecular flexibility index (Phi) is 3.08. The van der Waals surface area contributed by atoms with E-state index in [2.05, 4.69) is 21.2 Å². The van der Waals surface area contributed by atoms with Crippen molar-refractivity contribution in [3.63, 3.8) is 0 Å². The molecule has 0 aliphatic carbocycles. The zero-order chi connectivity index (χ0) is 9.97. The predicted molar refractivity (Wildman–Crippen MR) is 60.4 cm³/mol. The van der Waals surface area contributed by atoms with Crippen LogP contribution in [0.2, 0.25) is 0 Å². The molecule has 0 saturated carbocycles. The molecule has 1 fully saturated rings. The number of hydrogen-bond donors (Lipinski definition) is 2. The van der Waals surface area contributed by atoms with Gasteiger partial charge in [0, 0.05) is 16.1 Å². The lowest BCUT2D eigenvalue weighted by Crippen LogP contribution is -2.26. The highest BCUT2D eigenvalue weighted by molar-refractivity contribution is 9.10. The summed E-state index contributed by atoms with van der Waals surface area (Å²) in [5.41, 5.74) is 1.02. The molecule has 0 spiro atoms. The lowest BCUT2D eigenvalue weighted by molar-refractivity contribution is 0.391. The third-order valence-electron chi connectivity index (χ3n) is 2.68. The first kappa shape index (κ1) is 9.99. The van der Waals surface area contributed by atoms with Crippen LogP contribution < -0.4 is 5.32 Å². The third-order valence-corrected chi connectivity index (χ3v) is 3.17. The molecule has 1 saturated heterocycles. The number of piperidine rings is 1. The van der Waals surface area contributed by atoms with Crippen molar-refractivity contribution in [1.82, 2.24) is 5.32 Å². The monoisotopic (exact) mass is 255 g/mol. The molecule has 1 aliphatic heterocycles. The molecule has 14 heavy (non-hydrogen) atoms. The van der Waals surface area contributed by atoms with Gasteiger partial charge in [0.2, 0.25) is 0 Å². The molecule has 1 aromatic carbocycles. The van der Waals surface area contributed by atoms with Crippen molar-refractivity contribution in [1.29, 1.82) is 0 Å². The Morgan fingerprint density at radius 3 is 2.86 bits per heavy atom. The summed E-state index contributed by atoms with van der Waals surface area (Å²) in [4.78, 5) is 0. The summed E-state index contributed by atoms with van der Waals surface area (Å²) in [5, 5.41) is 13.2. The van der Waals surface area contributed by atoms with Crippen LogP contribution in [-0.2, 0) is 0 Å². The Hall–Kier alpha value is -0.540. The van der Waals surface area contributed by atoms with E-state index < -0.39 is 0 Å². The molecule has 1 heterocycles. The maximum Gasteiger partial charge on any atom is 0.121 e. The fraction of sp³-hybridized carbons (Fsp3) is 0.455. The summed E-state index contributed by atoms with van der Waals surface area (Å²) in [6, 6.07) is 6.05. The average molecular weight is 256 g/mol. The highest BCUT2D eigenvalue weighted by Crippen LogP contribution is 2.31. The zero-order valence-corrected chi connectivity index (χ0v) is 9.55. The Balaban J connectivity index is 2.22. The molecule has 0 unspecified atom stereocenters. The molecule has 2 nitrogen and oxygen atoms in total. The van der Waals surface area contributed by atoms with Crippen molar-refractivity contribution in [2.24, 2.45) is 0 Å². The number of phenolic OH excluding ortho intramolecular Hbond substituents is 1. The van der Waals surface area contributed by atoms with E-state index in [1.54, 1.807) is 6.07 Å². The normalized spacial score (nSPS) is 22.2. The number of nitrogens with one attached hydrogen (secondary N) is 1. The minimum absolute atomic E-state index is 0.330. The summed E-state index contributed by atoms with van der Waals surface area (Å²) in [6.07, 6.45) is 3.61. The first-order valence-electron chi connectivity index (χ1n) is 4.99. The predicted octanol–water partition coefficient (Wildman–Crippen LogP) is 2.97. The lowest BCUT2D eigenvalue weighted by Gasteiger charge is -2.24. The first-order chi connectivity index (χ1) is 6.77. The zero-order valence-electron chi connectivity index (χ0n) is 7.96. The van der Waals surface area contributed by atoms with Gasteiger partial charge in [0.05, 0.1) is 0 Å². The summed E-state index contributed by atoms with van der Waals surface area (Å²) in [7, 11) is 0. The fourth-order valence-electron chi connectivity index (χ4n) is 1.93. The van der Waals surface area contributed by atoms with E-state index in [1.807, 2.05) is 12.1 Å². The molecule has 1 aromatic rings. The summed E-state index contributed by atoms with van der Waals surface area (Å²) in [6.45, 7) is 1.06. The van der Waals surface area contributed by atoms with Crippen molar-refractivity contribution in [3.05, 3.63) is 28.2 Å². The molecule has 0 amide bonds. The topological polar surface area (TPSA) is 32.3 Å².